The number of nitrogens with zero attached hydrogens (tertiary/aromatic N) is 3. The monoisotopic (exact) mass is 953 g/mol. The van der Waals surface area contributed by atoms with Gasteiger partial charge < -0.3 is 53.6 Å². The van der Waals surface area contributed by atoms with Crippen LogP contribution in [-0.2, 0) is 57.6 Å². The van der Waals surface area contributed by atoms with Crippen LogP contribution < -0.4 is 53.6 Å². The molecule has 0 saturated carbocycles. The van der Waals surface area contributed by atoms with Crippen LogP contribution in [0.4, 0.5) is 11.9 Å². The normalized spacial score (nSPS) is 22.4. The highest BCUT2D eigenvalue weighted by Crippen LogP contribution is 2.14. The zero-order valence-corrected chi connectivity index (χ0v) is 38.3. The first-order valence-corrected chi connectivity index (χ1v) is 22.4. The van der Waals surface area contributed by atoms with Gasteiger partial charge in [-0.25, -0.2) is 0 Å². The van der Waals surface area contributed by atoms with Crippen molar-refractivity contribution in [3.63, 3.8) is 0 Å². The Morgan fingerprint density at radius 1 is 0.529 bits per heavy atom. The van der Waals surface area contributed by atoms with E-state index in [0.29, 0.717) is 24.0 Å². The number of rotatable bonds is 7. The molecule has 360 valence electrons. The van der Waals surface area contributed by atoms with Crippen molar-refractivity contribution in [2.75, 3.05) is 30.3 Å². The van der Waals surface area contributed by atoms with Gasteiger partial charge in [-0.05, 0) is 61.4 Å². The van der Waals surface area contributed by atoms with Crippen LogP contribution in [0.2, 0.25) is 5.28 Å². The summed E-state index contributed by atoms with van der Waals surface area (Å²) in [5, 5.41) is 23.9. The molecule has 2 heterocycles. The van der Waals surface area contributed by atoms with Crippen LogP contribution in [-0.4, -0.2) is 118 Å². The summed E-state index contributed by atoms with van der Waals surface area (Å²) in [5.74, 6) is -5.74. The van der Waals surface area contributed by atoms with Crippen molar-refractivity contribution >= 4 is 70.8 Å². The molecule has 11 N–H and O–H groups in total. The second-order valence-corrected chi connectivity index (χ2v) is 16.4. The summed E-state index contributed by atoms with van der Waals surface area (Å²) < 4.78 is 0. The van der Waals surface area contributed by atoms with E-state index < -0.39 is 96.6 Å². The van der Waals surface area contributed by atoms with Crippen LogP contribution in [0.5, 0.6) is 0 Å². The van der Waals surface area contributed by atoms with Crippen molar-refractivity contribution in [1.29, 1.82) is 0 Å². The lowest BCUT2D eigenvalue weighted by atomic mass is 10.0. The molecule has 2 bridgehead atoms. The van der Waals surface area contributed by atoms with Crippen molar-refractivity contribution < 1.29 is 38.4 Å². The van der Waals surface area contributed by atoms with E-state index in [-0.39, 0.29) is 49.4 Å². The van der Waals surface area contributed by atoms with Gasteiger partial charge in [0.25, 0.3) is 0 Å². The number of nitrogens with one attached hydrogen (secondary N) is 9. The number of benzene rings is 3. The van der Waals surface area contributed by atoms with Crippen molar-refractivity contribution in [3.05, 3.63) is 113 Å². The molecule has 0 spiro atoms. The molecule has 22 heteroatoms. The minimum absolute atomic E-state index is 0.0107. The SMILES string of the molecule is C[C@@H]1NC(=O)CNC(=O)[C@H](Cc2ccccc2)Nc2nc(Cl)nc(n2)NCCCC[C@@H](C(N)=O)NC(=O)[C@H](Cc2ccccc2)NC(=O)[C@H](C)NC(=O)CNC(=O)[C@H](Cc2ccccc2)NC1=O. The summed E-state index contributed by atoms with van der Waals surface area (Å²) in [6, 6.07) is 19.8. The molecule has 0 radical (unpaired) electrons. The molecule has 0 fully saturated rings. The molecule has 0 unspecified atom stereocenters. The third kappa shape index (κ3) is 17.0. The van der Waals surface area contributed by atoms with Gasteiger partial charge in [0.1, 0.15) is 36.3 Å². The number of carbonyl (C=O) groups is 8. The van der Waals surface area contributed by atoms with E-state index in [1.807, 2.05) is 18.2 Å². The number of halogens is 1. The first-order valence-electron chi connectivity index (χ1n) is 22.0. The van der Waals surface area contributed by atoms with Crippen molar-refractivity contribution in [2.45, 2.75) is 88.6 Å². The molecular formula is C46H56ClN13O8. The standard InChI is InChI=1S/C46H56ClN13O8/c1-27-39(64)55-33(22-29-14-6-3-7-15-29)41(66)50-25-36(61)53-28(2)40(65)56-35(24-31-18-10-5-11-19-31)43(68)54-32(38(48)63)20-12-13-21-49-45-58-44(47)59-46(60-45)57-34(23-30-16-8-4-9-17-30)42(67)51-26-37(62)52-27/h3-11,14-19,27-28,32-35H,12-13,20-26H2,1-2H3,(H2,48,63)(H,50,66)(H,51,67)(H,52,62)(H,53,61)(H,54,68)(H,55,64)(H,56,65)(H2,49,57,58,59,60)/t27-,28-,32-,33-,34-,35-/m0/s1. The Balaban J connectivity index is 1.37. The van der Waals surface area contributed by atoms with Crippen molar-refractivity contribution in [3.8, 4) is 0 Å². The molecule has 21 nitrogen and oxygen atoms in total. The van der Waals surface area contributed by atoms with Crippen LogP contribution in [0.3, 0.4) is 0 Å². The average molecular weight is 954 g/mol. The lowest BCUT2D eigenvalue weighted by molar-refractivity contribution is -0.133. The molecule has 0 aliphatic carbocycles. The van der Waals surface area contributed by atoms with Crippen LogP contribution in [0.25, 0.3) is 0 Å². The van der Waals surface area contributed by atoms with Gasteiger partial charge in [0.2, 0.25) is 64.4 Å². The molecule has 5 rings (SSSR count). The van der Waals surface area contributed by atoms with Gasteiger partial charge in [0, 0.05) is 25.8 Å². The van der Waals surface area contributed by atoms with Gasteiger partial charge in [-0.1, -0.05) is 91.0 Å². The van der Waals surface area contributed by atoms with Gasteiger partial charge in [0.05, 0.1) is 13.1 Å². The lowest BCUT2D eigenvalue weighted by Crippen LogP contribution is -2.57. The van der Waals surface area contributed by atoms with Crippen LogP contribution in [0.15, 0.2) is 91.0 Å². The molecule has 1 aromatic heterocycles. The van der Waals surface area contributed by atoms with Gasteiger partial charge in [-0.2, -0.15) is 15.0 Å². The Kier molecular flexibility index (Phi) is 19.5. The smallest absolute Gasteiger partial charge is 0.243 e. The van der Waals surface area contributed by atoms with E-state index in [1.165, 1.54) is 13.8 Å². The zero-order valence-electron chi connectivity index (χ0n) is 37.6. The fourth-order valence-electron chi connectivity index (χ4n) is 6.95. The second-order valence-electron chi connectivity index (χ2n) is 16.0. The predicted octanol–water partition coefficient (Wildman–Crippen LogP) is -0.189. The fraction of sp³-hybridized carbons (Fsp3) is 0.370. The minimum Gasteiger partial charge on any atom is -0.368 e. The third-order valence-corrected chi connectivity index (χ3v) is 10.8. The van der Waals surface area contributed by atoms with Crippen LogP contribution >= 0.6 is 11.6 Å². The summed E-state index contributed by atoms with van der Waals surface area (Å²) >= 11 is 6.27. The molecule has 1 aliphatic rings. The van der Waals surface area contributed by atoms with Gasteiger partial charge >= 0.3 is 0 Å². The number of fused-ring (bicyclic) bond motifs is 2. The van der Waals surface area contributed by atoms with E-state index in [0.717, 1.165) is 5.56 Å². The largest absolute Gasteiger partial charge is 0.368 e. The number of hydrogen-bond acceptors (Lipinski definition) is 13. The first kappa shape index (κ1) is 51.3. The molecule has 1 aliphatic heterocycles. The Bertz CT molecular complexity index is 2380. The average Bonchev–Trinajstić information content (AvgIpc) is 3.31. The number of nitrogens with two attached hydrogens (primary N) is 1. The molecule has 4 aromatic rings. The fourth-order valence-corrected chi connectivity index (χ4v) is 7.11. The van der Waals surface area contributed by atoms with Crippen molar-refractivity contribution in [2.24, 2.45) is 5.73 Å². The van der Waals surface area contributed by atoms with E-state index in [2.05, 4.69) is 62.8 Å². The zero-order chi connectivity index (χ0) is 49.0. The first-order chi connectivity index (χ1) is 32.6. The Morgan fingerprint density at radius 2 is 0.956 bits per heavy atom. The predicted molar refractivity (Wildman–Crippen MR) is 251 cm³/mol. The Labute approximate surface area is 397 Å². The molecule has 6 atom stereocenters. The van der Waals surface area contributed by atoms with E-state index in [4.69, 9.17) is 17.3 Å². The number of aromatic nitrogens is 3. The molecular weight excluding hydrogens is 898 g/mol. The van der Waals surface area contributed by atoms with Crippen molar-refractivity contribution in [1.82, 2.24) is 52.2 Å². The lowest BCUT2D eigenvalue weighted by Gasteiger charge is -2.24. The number of amides is 8. The highest BCUT2D eigenvalue weighted by molar-refractivity contribution is 6.28. The van der Waals surface area contributed by atoms with Gasteiger partial charge in [-0.15, -0.1) is 0 Å². The summed E-state index contributed by atoms with van der Waals surface area (Å²) in [6.07, 6.45) is 1.16. The number of hydrogen-bond donors (Lipinski definition) is 10. The molecule has 3 aromatic carbocycles. The van der Waals surface area contributed by atoms with E-state index in [1.54, 1.807) is 72.8 Å². The summed E-state index contributed by atoms with van der Waals surface area (Å²) in [7, 11) is 0. The summed E-state index contributed by atoms with van der Waals surface area (Å²) in [5.41, 5.74) is 7.86. The van der Waals surface area contributed by atoms with Crippen LogP contribution in [0.1, 0.15) is 49.8 Å². The third-order valence-electron chi connectivity index (χ3n) is 10.6. The maximum atomic E-state index is 13.8. The highest BCUT2D eigenvalue weighted by Gasteiger charge is 2.30. The highest BCUT2D eigenvalue weighted by atomic mass is 35.5. The Hall–Kier alpha value is -7.68. The maximum Gasteiger partial charge on any atom is 0.243 e. The summed E-state index contributed by atoms with van der Waals surface area (Å²) in [6.45, 7) is 1.96. The minimum atomic E-state index is -1.21. The number of primary amides is 1. The summed E-state index contributed by atoms with van der Waals surface area (Å²) in [4.78, 5) is 119. The molecule has 8 amide bonds. The van der Waals surface area contributed by atoms with Gasteiger partial charge in [-0.3, -0.25) is 38.4 Å². The quantitative estimate of drug-likeness (QED) is 0.115. The Morgan fingerprint density at radius 3 is 1.41 bits per heavy atom. The van der Waals surface area contributed by atoms with Crippen LogP contribution in [0, 0.1) is 0 Å². The van der Waals surface area contributed by atoms with E-state index in [9.17, 15) is 38.4 Å². The topological polar surface area (TPSA) is 310 Å². The molecule has 0 saturated heterocycles. The maximum absolute atomic E-state index is 13.8. The van der Waals surface area contributed by atoms with Gasteiger partial charge in [0.15, 0.2) is 0 Å². The number of anilines is 2. The number of carbonyl (C=O) groups excluding carboxylic acids is 8. The second kappa shape index (κ2) is 25.9. The molecule has 68 heavy (non-hydrogen) atoms. The van der Waals surface area contributed by atoms with E-state index >= 15 is 0 Å².